The van der Waals surface area contributed by atoms with Crippen molar-refractivity contribution in [3.8, 4) is 0 Å². The van der Waals surface area contributed by atoms with Crippen molar-refractivity contribution in [1.82, 2.24) is 14.9 Å². The maximum Gasteiger partial charge on any atom is 0.270 e. The summed E-state index contributed by atoms with van der Waals surface area (Å²) in [7, 11) is 0. The lowest BCUT2D eigenvalue weighted by Crippen LogP contribution is -2.49. The Labute approximate surface area is 181 Å². The van der Waals surface area contributed by atoms with Gasteiger partial charge in [0.2, 0.25) is 0 Å². The molecule has 156 valence electrons. The summed E-state index contributed by atoms with van der Waals surface area (Å²) in [6.07, 6.45) is 1.82. The van der Waals surface area contributed by atoms with E-state index in [9.17, 15) is 4.79 Å². The smallest absolute Gasteiger partial charge is 0.270 e. The van der Waals surface area contributed by atoms with E-state index in [4.69, 9.17) is 0 Å². The van der Waals surface area contributed by atoms with E-state index in [1.807, 2.05) is 65.7 Å². The highest BCUT2D eigenvalue weighted by Crippen LogP contribution is 2.25. The van der Waals surface area contributed by atoms with Gasteiger partial charge in [0.1, 0.15) is 5.69 Å². The van der Waals surface area contributed by atoms with Crippen molar-refractivity contribution in [2.24, 2.45) is 0 Å². The van der Waals surface area contributed by atoms with Crippen molar-refractivity contribution in [2.45, 2.75) is 6.54 Å². The minimum absolute atomic E-state index is 0.0549. The summed E-state index contributed by atoms with van der Waals surface area (Å²) in [5, 5.41) is 4.57. The van der Waals surface area contributed by atoms with Crippen LogP contribution in [0.25, 0.3) is 10.9 Å². The fourth-order valence-electron chi connectivity index (χ4n) is 4.06. The van der Waals surface area contributed by atoms with Crippen molar-refractivity contribution in [3.63, 3.8) is 0 Å². The number of hydrogen-bond donors (Lipinski definition) is 2. The van der Waals surface area contributed by atoms with Gasteiger partial charge < -0.3 is 20.1 Å². The van der Waals surface area contributed by atoms with Gasteiger partial charge in [-0.05, 0) is 29.8 Å². The molecule has 6 heteroatoms. The molecular weight excluding hydrogens is 386 g/mol. The number of piperazine rings is 1. The monoisotopic (exact) mass is 411 g/mol. The van der Waals surface area contributed by atoms with E-state index in [0.29, 0.717) is 18.8 Å². The van der Waals surface area contributed by atoms with Gasteiger partial charge in [-0.3, -0.25) is 4.79 Å². The molecule has 1 aliphatic heterocycles. The number of aromatic nitrogens is 2. The van der Waals surface area contributed by atoms with Crippen molar-refractivity contribution in [1.29, 1.82) is 0 Å². The standard InChI is InChI=1S/C25H25N5O/c31-25(23-17-20-9-4-5-10-21(20)28-23)30-15-13-29(14-16-30)24-22(11-6-12-26-24)27-18-19-7-2-1-3-8-19/h1-12,17,27-28H,13-16,18H2. The zero-order chi connectivity index (χ0) is 21.0. The Morgan fingerprint density at radius 3 is 2.52 bits per heavy atom. The van der Waals surface area contributed by atoms with E-state index >= 15 is 0 Å². The molecule has 0 radical (unpaired) electrons. The number of benzene rings is 2. The molecule has 2 aromatic carbocycles. The van der Waals surface area contributed by atoms with Gasteiger partial charge >= 0.3 is 0 Å². The molecule has 31 heavy (non-hydrogen) atoms. The number of amides is 1. The maximum atomic E-state index is 13.0. The Hall–Kier alpha value is -3.80. The summed E-state index contributed by atoms with van der Waals surface area (Å²) in [6, 6.07) is 24.3. The lowest BCUT2D eigenvalue weighted by Gasteiger charge is -2.36. The number of pyridine rings is 1. The van der Waals surface area contributed by atoms with Crippen LogP contribution < -0.4 is 10.2 Å². The Kier molecular flexibility index (Phi) is 5.27. The summed E-state index contributed by atoms with van der Waals surface area (Å²) in [5.41, 5.74) is 3.89. The molecule has 0 atom stereocenters. The van der Waals surface area contributed by atoms with E-state index in [1.165, 1.54) is 5.56 Å². The SMILES string of the molecule is O=C(c1cc2ccccc2[nH]1)N1CCN(c2ncccc2NCc2ccccc2)CC1. The topological polar surface area (TPSA) is 64.3 Å². The van der Waals surface area contributed by atoms with Crippen LogP contribution in [0.1, 0.15) is 16.1 Å². The van der Waals surface area contributed by atoms with Crippen LogP contribution in [0.3, 0.4) is 0 Å². The molecule has 5 rings (SSSR count). The predicted molar refractivity (Wildman–Crippen MR) is 124 cm³/mol. The molecule has 2 N–H and O–H groups in total. The van der Waals surface area contributed by atoms with Crippen LogP contribution in [0.15, 0.2) is 79.0 Å². The van der Waals surface area contributed by atoms with Gasteiger partial charge in [0.25, 0.3) is 5.91 Å². The highest BCUT2D eigenvalue weighted by molar-refractivity contribution is 5.98. The number of carbonyl (C=O) groups excluding carboxylic acids is 1. The van der Waals surface area contributed by atoms with Crippen LogP contribution >= 0.6 is 0 Å². The second-order valence-electron chi connectivity index (χ2n) is 7.76. The number of carbonyl (C=O) groups is 1. The van der Waals surface area contributed by atoms with Crippen LogP contribution in [0.4, 0.5) is 11.5 Å². The number of hydrogen-bond acceptors (Lipinski definition) is 4. The molecule has 0 spiro atoms. The maximum absolute atomic E-state index is 13.0. The van der Waals surface area contributed by atoms with E-state index < -0.39 is 0 Å². The third kappa shape index (κ3) is 4.10. The predicted octanol–water partition coefficient (Wildman–Crippen LogP) is 4.14. The Balaban J connectivity index is 1.25. The van der Waals surface area contributed by atoms with Gasteiger partial charge in [0, 0.05) is 49.8 Å². The zero-order valence-corrected chi connectivity index (χ0v) is 17.3. The molecule has 0 bridgehead atoms. The van der Waals surface area contributed by atoms with Crippen LogP contribution in [-0.2, 0) is 6.54 Å². The lowest BCUT2D eigenvalue weighted by molar-refractivity contribution is 0.0741. The molecule has 0 aliphatic carbocycles. The number of para-hydroxylation sites is 1. The molecule has 1 saturated heterocycles. The summed E-state index contributed by atoms with van der Waals surface area (Å²) >= 11 is 0. The summed E-state index contributed by atoms with van der Waals surface area (Å²) in [6.45, 7) is 3.59. The van der Waals surface area contributed by atoms with Crippen LogP contribution in [-0.4, -0.2) is 47.0 Å². The van der Waals surface area contributed by atoms with Gasteiger partial charge in [-0.15, -0.1) is 0 Å². The Morgan fingerprint density at radius 2 is 1.71 bits per heavy atom. The fourth-order valence-corrected chi connectivity index (χ4v) is 4.06. The lowest BCUT2D eigenvalue weighted by atomic mass is 10.2. The number of rotatable bonds is 5. The van der Waals surface area contributed by atoms with E-state index in [1.54, 1.807) is 0 Å². The quantitative estimate of drug-likeness (QED) is 0.518. The normalized spacial score (nSPS) is 14.1. The van der Waals surface area contributed by atoms with Crippen molar-refractivity contribution >= 4 is 28.3 Å². The molecule has 1 aliphatic rings. The first-order chi connectivity index (χ1) is 15.3. The van der Waals surface area contributed by atoms with Crippen molar-refractivity contribution < 1.29 is 4.79 Å². The third-order valence-corrected chi connectivity index (χ3v) is 5.74. The highest BCUT2D eigenvalue weighted by atomic mass is 16.2. The van der Waals surface area contributed by atoms with E-state index in [0.717, 1.165) is 42.0 Å². The Morgan fingerprint density at radius 1 is 0.935 bits per heavy atom. The average molecular weight is 412 g/mol. The summed E-state index contributed by atoms with van der Waals surface area (Å²) < 4.78 is 0. The second kappa shape index (κ2) is 8.52. The highest BCUT2D eigenvalue weighted by Gasteiger charge is 2.25. The first kappa shape index (κ1) is 19.2. The minimum atomic E-state index is 0.0549. The molecular formula is C25H25N5O. The zero-order valence-electron chi connectivity index (χ0n) is 17.3. The molecule has 4 aromatic rings. The van der Waals surface area contributed by atoms with Crippen molar-refractivity contribution in [3.05, 3.63) is 90.3 Å². The number of aromatic amines is 1. The fraction of sp³-hybridized carbons (Fsp3) is 0.200. The first-order valence-electron chi connectivity index (χ1n) is 10.6. The molecule has 1 fully saturated rings. The van der Waals surface area contributed by atoms with Gasteiger partial charge in [0.15, 0.2) is 5.82 Å². The molecule has 0 saturated carbocycles. The second-order valence-corrected chi connectivity index (χ2v) is 7.76. The van der Waals surface area contributed by atoms with Crippen LogP contribution in [0.2, 0.25) is 0 Å². The van der Waals surface area contributed by atoms with Gasteiger partial charge in [0.05, 0.1) is 5.69 Å². The Bertz CT molecular complexity index is 1150. The van der Waals surface area contributed by atoms with Gasteiger partial charge in [-0.1, -0.05) is 48.5 Å². The average Bonchev–Trinajstić information content (AvgIpc) is 3.28. The first-order valence-corrected chi connectivity index (χ1v) is 10.6. The van der Waals surface area contributed by atoms with E-state index in [2.05, 4.69) is 38.4 Å². The molecule has 3 heterocycles. The number of nitrogens with zero attached hydrogens (tertiary/aromatic N) is 3. The van der Waals surface area contributed by atoms with E-state index in [-0.39, 0.29) is 5.91 Å². The van der Waals surface area contributed by atoms with Crippen LogP contribution in [0, 0.1) is 0 Å². The largest absolute Gasteiger partial charge is 0.378 e. The van der Waals surface area contributed by atoms with Crippen LogP contribution in [0.5, 0.6) is 0 Å². The van der Waals surface area contributed by atoms with Gasteiger partial charge in [-0.25, -0.2) is 4.98 Å². The number of fused-ring (bicyclic) bond motifs is 1. The summed E-state index contributed by atoms with van der Waals surface area (Å²) in [5.74, 6) is 0.996. The van der Waals surface area contributed by atoms with Crippen molar-refractivity contribution in [2.75, 3.05) is 36.4 Å². The van der Waals surface area contributed by atoms with Gasteiger partial charge in [-0.2, -0.15) is 0 Å². The molecule has 2 aromatic heterocycles. The number of nitrogens with one attached hydrogen (secondary N) is 2. The molecule has 0 unspecified atom stereocenters. The number of H-pyrrole nitrogens is 1. The molecule has 6 nitrogen and oxygen atoms in total. The minimum Gasteiger partial charge on any atom is -0.378 e. The number of anilines is 2. The third-order valence-electron chi connectivity index (χ3n) is 5.74. The molecule has 1 amide bonds. The summed E-state index contributed by atoms with van der Waals surface area (Å²) in [4.78, 5) is 25.0.